The number of nitrogens with zero attached hydrogens (tertiary/aromatic N) is 4. The van der Waals surface area contributed by atoms with Crippen LogP contribution in [0, 0.1) is 11.8 Å². The molecule has 1 saturated carbocycles. The quantitative estimate of drug-likeness (QED) is 0.0930. The molecule has 1 unspecified atom stereocenters. The van der Waals surface area contributed by atoms with E-state index in [9.17, 15) is 48.9 Å². The fraction of sp³-hybridized carbons (Fsp3) is 0.759. The van der Waals surface area contributed by atoms with Crippen LogP contribution in [0.15, 0.2) is 0 Å². The summed E-state index contributed by atoms with van der Waals surface area (Å²) in [7, 11) is 0. The van der Waals surface area contributed by atoms with E-state index in [4.69, 9.17) is 5.73 Å². The number of aldehydes is 1. The fourth-order valence-electron chi connectivity index (χ4n) is 5.70. The maximum Gasteiger partial charge on any atom is 0.317 e. The van der Waals surface area contributed by atoms with Gasteiger partial charge in [-0.25, -0.2) is 0 Å². The highest BCUT2D eigenvalue weighted by molar-refractivity contribution is 5.83. The van der Waals surface area contributed by atoms with Crippen LogP contribution in [-0.4, -0.2) is 168 Å². The molecule has 46 heavy (non-hydrogen) atoms. The second kappa shape index (κ2) is 20.5. The molecule has 1 saturated heterocycles. The number of aliphatic carboxylic acids is 3. The molecular formula is C29H49N7O10. The molecule has 260 valence electrons. The third-order valence-electron chi connectivity index (χ3n) is 8.33. The number of carboxylic acids is 3. The summed E-state index contributed by atoms with van der Waals surface area (Å²) >= 11 is 0. The highest BCUT2D eigenvalue weighted by atomic mass is 16.4. The van der Waals surface area contributed by atoms with Gasteiger partial charge >= 0.3 is 17.9 Å². The Morgan fingerprint density at radius 3 is 1.48 bits per heavy atom. The number of nitrogens with one attached hydrogen (secondary N) is 2. The summed E-state index contributed by atoms with van der Waals surface area (Å²) in [5.74, 6) is -5.71. The zero-order chi connectivity index (χ0) is 34.1. The number of hydrogen-bond donors (Lipinski definition) is 6. The second-order valence-corrected chi connectivity index (χ2v) is 12.0. The summed E-state index contributed by atoms with van der Waals surface area (Å²) in [4.78, 5) is 90.5. The van der Waals surface area contributed by atoms with Crippen molar-refractivity contribution in [3.05, 3.63) is 0 Å². The van der Waals surface area contributed by atoms with Crippen LogP contribution in [0.1, 0.15) is 38.5 Å². The number of carbonyl (C=O) groups excluding carboxylic acids is 4. The summed E-state index contributed by atoms with van der Waals surface area (Å²) in [6.07, 6.45) is 4.92. The van der Waals surface area contributed by atoms with E-state index >= 15 is 0 Å². The lowest BCUT2D eigenvalue weighted by atomic mass is 9.88. The lowest BCUT2D eigenvalue weighted by Gasteiger charge is -2.33. The minimum Gasteiger partial charge on any atom is -0.480 e. The molecule has 0 aromatic heterocycles. The molecule has 1 aliphatic carbocycles. The van der Waals surface area contributed by atoms with Gasteiger partial charge in [-0.2, -0.15) is 0 Å². The predicted molar refractivity (Wildman–Crippen MR) is 164 cm³/mol. The van der Waals surface area contributed by atoms with Crippen LogP contribution in [0.3, 0.4) is 0 Å². The Morgan fingerprint density at radius 2 is 1.11 bits per heavy atom. The molecule has 2 fully saturated rings. The van der Waals surface area contributed by atoms with E-state index in [1.807, 2.05) is 0 Å². The van der Waals surface area contributed by atoms with Crippen molar-refractivity contribution in [3.8, 4) is 0 Å². The number of primary amides is 1. The van der Waals surface area contributed by atoms with Gasteiger partial charge in [0.1, 0.15) is 6.29 Å². The molecule has 7 N–H and O–H groups in total. The molecule has 2 rings (SSSR count). The number of hydrogen-bond acceptors (Lipinski definition) is 11. The minimum absolute atomic E-state index is 0.0749. The first-order valence-corrected chi connectivity index (χ1v) is 15.7. The van der Waals surface area contributed by atoms with Crippen LogP contribution in [0.2, 0.25) is 0 Å². The largest absolute Gasteiger partial charge is 0.480 e. The summed E-state index contributed by atoms with van der Waals surface area (Å²) in [5, 5.41) is 33.4. The molecule has 0 aromatic rings. The van der Waals surface area contributed by atoms with Crippen LogP contribution in [-0.2, 0) is 33.6 Å². The fourth-order valence-corrected chi connectivity index (χ4v) is 5.70. The predicted octanol–water partition coefficient (Wildman–Crippen LogP) is -2.67. The van der Waals surface area contributed by atoms with Crippen molar-refractivity contribution in [2.24, 2.45) is 17.6 Å². The van der Waals surface area contributed by atoms with Gasteiger partial charge in [0.25, 0.3) is 0 Å². The Bertz CT molecular complexity index is 1020. The van der Waals surface area contributed by atoms with E-state index in [0.717, 1.165) is 32.1 Å². The van der Waals surface area contributed by atoms with Gasteiger partial charge in [0.15, 0.2) is 0 Å². The Kier molecular flexibility index (Phi) is 17.1. The van der Waals surface area contributed by atoms with Crippen LogP contribution in [0.5, 0.6) is 0 Å². The molecule has 0 bridgehead atoms. The first-order valence-electron chi connectivity index (χ1n) is 15.7. The summed E-state index contributed by atoms with van der Waals surface area (Å²) in [6, 6.07) is -0.939. The monoisotopic (exact) mass is 655 g/mol. The molecular weight excluding hydrogens is 606 g/mol. The van der Waals surface area contributed by atoms with Gasteiger partial charge in [-0.15, -0.1) is 0 Å². The number of carboxylic acid groups (broad SMARTS) is 3. The third-order valence-corrected chi connectivity index (χ3v) is 8.33. The van der Waals surface area contributed by atoms with Gasteiger partial charge in [0.2, 0.25) is 17.7 Å². The average molecular weight is 656 g/mol. The van der Waals surface area contributed by atoms with E-state index in [0.29, 0.717) is 6.29 Å². The maximum absolute atomic E-state index is 13.0. The lowest BCUT2D eigenvalue weighted by molar-refractivity contribution is -0.140. The van der Waals surface area contributed by atoms with Crippen LogP contribution in [0.4, 0.5) is 0 Å². The van der Waals surface area contributed by atoms with Crippen molar-refractivity contribution >= 4 is 41.9 Å². The van der Waals surface area contributed by atoms with E-state index < -0.39 is 41.7 Å². The van der Waals surface area contributed by atoms with E-state index in [-0.39, 0.29) is 103 Å². The van der Waals surface area contributed by atoms with Gasteiger partial charge in [0, 0.05) is 64.8 Å². The highest BCUT2D eigenvalue weighted by Gasteiger charge is 2.27. The minimum atomic E-state index is -1.06. The highest BCUT2D eigenvalue weighted by Crippen LogP contribution is 2.24. The van der Waals surface area contributed by atoms with Crippen molar-refractivity contribution in [1.82, 2.24) is 30.2 Å². The van der Waals surface area contributed by atoms with Gasteiger partial charge in [-0.05, 0) is 19.3 Å². The molecule has 3 amide bonds. The third kappa shape index (κ3) is 15.6. The average Bonchev–Trinajstić information content (AvgIpc) is 2.99. The molecule has 17 nitrogen and oxygen atoms in total. The molecule has 0 aromatic carbocycles. The van der Waals surface area contributed by atoms with E-state index in [1.54, 1.807) is 19.6 Å². The van der Waals surface area contributed by atoms with Crippen molar-refractivity contribution in [3.63, 3.8) is 0 Å². The molecule has 2 aliphatic rings. The van der Waals surface area contributed by atoms with Gasteiger partial charge in [-0.3, -0.25) is 48.4 Å². The van der Waals surface area contributed by atoms with Gasteiger partial charge in [0.05, 0.1) is 38.1 Å². The van der Waals surface area contributed by atoms with E-state index in [2.05, 4.69) is 10.6 Å². The Labute approximate surface area is 268 Å². The molecule has 1 heterocycles. The van der Waals surface area contributed by atoms with Crippen LogP contribution >= 0.6 is 0 Å². The summed E-state index contributed by atoms with van der Waals surface area (Å²) in [6.45, 7) is 0.800. The maximum atomic E-state index is 13.0. The first kappa shape index (κ1) is 38.5. The lowest BCUT2D eigenvalue weighted by Crippen LogP contribution is -2.50. The number of nitrogens with two attached hydrogens (primary N) is 1. The normalized spacial score (nSPS) is 19.9. The van der Waals surface area contributed by atoms with Crippen LogP contribution < -0.4 is 16.4 Å². The second-order valence-electron chi connectivity index (χ2n) is 12.0. The van der Waals surface area contributed by atoms with Crippen LogP contribution in [0.25, 0.3) is 0 Å². The number of amides is 3. The molecule has 17 heteroatoms. The number of rotatable bonds is 16. The summed E-state index contributed by atoms with van der Waals surface area (Å²) < 4.78 is 0. The zero-order valence-corrected chi connectivity index (χ0v) is 26.3. The van der Waals surface area contributed by atoms with Gasteiger partial charge < -0.3 is 36.5 Å². The van der Waals surface area contributed by atoms with Crippen molar-refractivity contribution in [1.29, 1.82) is 0 Å². The first-order chi connectivity index (χ1) is 21.9. The number of carbonyl (C=O) groups is 7. The van der Waals surface area contributed by atoms with Crippen molar-refractivity contribution in [2.45, 2.75) is 44.6 Å². The Balaban J connectivity index is 2.03. The summed E-state index contributed by atoms with van der Waals surface area (Å²) in [5.41, 5.74) is 5.56. The Morgan fingerprint density at radius 1 is 0.696 bits per heavy atom. The smallest absolute Gasteiger partial charge is 0.317 e. The Hall–Kier alpha value is -3.67. The molecule has 2 atom stereocenters. The van der Waals surface area contributed by atoms with Crippen molar-refractivity contribution in [2.75, 3.05) is 85.1 Å². The SMILES string of the molecule is NC(=O)C(CNC(=O)CN1CCN(CC(=O)O)CCN(CC(=O)O)CCN(CC(=O)O)CC1)C[C@@H](C=O)NC(=O)C1CCCCC1. The van der Waals surface area contributed by atoms with Gasteiger partial charge in [-0.1, -0.05) is 19.3 Å². The zero-order valence-electron chi connectivity index (χ0n) is 26.3. The van der Waals surface area contributed by atoms with E-state index in [1.165, 1.54) is 0 Å². The molecule has 1 aliphatic heterocycles. The topological polar surface area (TPSA) is 243 Å². The standard InChI is InChI=1S/C29H49N7O10/c30-28(45)22(14-23(20-37)32-29(46)21-4-2-1-3-5-21)15-31-24(38)16-33-6-8-34(17-25(39)40)10-12-36(19-27(43)44)13-11-35(9-7-33)18-26(41)42/h20-23H,1-19H2,(H2,30,45)(H,31,38)(H,32,46)(H,39,40)(H,41,42)(H,43,44)/t22?,23-/m0/s1. The molecule has 0 radical (unpaired) electrons. The van der Waals surface area contributed by atoms with Crippen molar-refractivity contribution < 1.29 is 48.9 Å². The molecule has 0 spiro atoms.